The van der Waals surface area contributed by atoms with Crippen LogP contribution in [0.1, 0.15) is 5.76 Å². The normalized spacial score (nSPS) is 19.8. The maximum Gasteiger partial charge on any atom is 0.104 e. The number of rotatable bonds is 5. The Kier molecular flexibility index (Phi) is 4.39. The Morgan fingerprint density at radius 3 is 2.88 bits per heavy atom. The molecule has 2 heterocycles. The molecule has 3 N–H and O–H groups in total. The van der Waals surface area contributed by atoms with Gasteiger partial charge in [-0.2, -0.15) is 0 Å². The first-order valence-electron chi connectivity index (χ1n) is 6.04. The van der Waals surface area contributed by atoms with Crippen molar-refractivity contribution in [3.05, 3.63) is 24.2 Å². The van der Waals surface area contributed by atoms with E-state index in [0.29, 0.717) is 5.92 Å². The van der Waals surface area contributed by atoms with E-state index in [9.17, 15) is 0 Å². The Morgan fingerprint density at radius 2 is 2.25 bits per heavy atom. The second-order valence-corrected chi connectivity index (χ2v) is 4.44. The van der Waals surface area contributed by atoms with Gasteiger partial charge in [0.15, 0.2) is 0 Å². The fourth-order valence-corrected chi connectivity index (χ4v) is 2.19. The summed E-state index contributed by atoms with van der Waals surface area (Å²) in [6.07, 6.45) is 2.68. The number of hydrogen-bond acceptors (Lipinski definition) is 4. The minimum Gasteiger partial charge on any atom is -0.469 e. The fraction of sp³-hybridized carbons (Fsp3) is 0.667. The van der Waals surface area contributed by atoms with Gasteiger partial charge in [-0.3, -0.25) is 0 Å². The summed E-state index contributed by atoms with van der Waals surface area (Å²) in [5, 5.41) is 3.36. The summed E-state index contributed by atoms with van der Waals surface area (Å²) >= 11 is 0. The quantitative estimate of drug-likeness (QED) is 0.754. The zero-order valence-electron chi connectivity index (χ0n) is 9.69. The standard InChI is InChI=1S/C12H21N3O/c13-9-11(8-12-2-1-7-16-12)10-15-5-3-14-4-6-15/h1-2,7,11,14H,3-6,8-10,13H2. The van der Waals surface area contributed by atoms with E-state index in [4.69, 9.17) is 10.2 Å². The third-order valence-electron chi connectivity index (χ3n) is 3.13. The lowest BCUT2D eigenvalue weighted by molar-refractivity contribution is 0.203. The summed E-state index contributed by atoms with van der Waals surface area (Å²) in [6, 6.07) is 3.97. The molecule has 0 aromatic carbocycles. The molecule has 90 valence electrons. The molecule has 1 saturated heterocycles. The van der Waals surface area contributed by atoms with Crippen LogP contribution in [0.5, 0.6) is 0 Å². The molecular formula is C12H21N3O. The largest absolute Gasteiger partial charge is 0.469 e. The van der Waals surface area contributed by atoms with Gasteiger partial charge in [0.05, 0.1) is 6.26 Å². The van der Waals surface area contributed by atoms with Crippen molar-refractivity contribution in [1.29, 1.82) is 0 Å². The first kappa shape index (κ1) is 11.6. The van der Waals surface area contributed by atoms with Crippen molar-refractivity contribution in [3.63, 3.8) is 0 Å². The van der Waals surface area contributed by atoms with Gasteiger partial charge in [0, 0.05) is 39.1 Å². The van der Waals surface area contributed by atoms with E-state index in [0.717, 1.165) is 51.4 Å². The molecule has 0 bridgehead atoms. The topological polar surface area (TPSA) is 54.4 Å². The van der Waals surface area contributed by atoms with Crippen LogP contribution in [0.15, 0.2) is 22.8 Å². The predicted molar refractivity (Wildman–Crippen MR) is 64.3 cm³/mol. The van der Waals surface area contributed by atoms with Crippen LogP contribution in [-0.4, -0.2) is 44.2 Å². The van der Waals surface area contributed by atoms with E-state index in [-0.39, 0.29) is 0 Å². The number of hydrogen-bond donors (Lipinski definition) is 2. The average Bonchev–Trinajstić information content (AvgIpc) is 2.82. The van der Waals surface area contributed by atoms with Crippen LogP contribution < -0.4 is 11.1 Å². The molecule has 16 heavy (non-hydrogen) atoms. The first-order valence-corrected chi connectivity index (χ1v) is 6.04. The molecule has 0 saturated carbocycles. The lowest BCUT2D eigenvalue weighted by Crippen LogP contribution is -2.46. The highest BCUT2D eigenvalue weighted by Crippen LogP contribution is 2.10. The van der Waals surface area contributed by atoms with Gasteiger partial charge in [0.2, 0.25) is 0 Å². The van der Waals surface area contributed by atoms with Gasteiger partial charge >= 0.3 is 0 Å². The van der Waals surface area contributed by atoms with Crippen molar-refractivity contribution in [3.8, 4) is 0 Å². The monoisotopic (exact) mass is 223 g/mol. The van der Waals surface area contributed by atoms with Crippen molar-refractivity contribution in [2.75, 3.05) is 39.3 Å². The predicted octanol–water partition coefficient (Wildman–Crippen LogP) is 0.302. The molecule has 1 fully saturated rings. The second-order valence-electron chi connectivity index (χ2n) is 4.44. The molecule has 1 atom stereocenters. The number of nitrogens with one attached hydrogen (secondary N) is 1. The number of nitrogens with two attached hydrogens (primary N) is 1. The van der Waals surface area contributed by atoms with Gasteiger partial charge in [-0.1, -0.05) is 0 Å². The van der Waals surface area contributed by atoms with E-state index in [1.54, 1.807) is 6.26 Å². The lowest BCUT2D eigenvalue weighted by atomic mass is 10.0. The molecule has 1 aromatic heterocycles. The van der Waals surface area contributed by atoms with Gasteiger partial charge < -0.3 is 20.4 Å². The summed E-state index contributed by atoms with van der Waals surface area (Å²) in [4.78, 5) is 2.48. The molecule has 1 aliphatic rings. The smallest absolute Gasteiger partial charge is 0.104 e. The van der Waals surface area contributed by atoms with Crippen LogP contribution in [0.2, 0.25) is 0 Å². The molecule has 0 radical (unpaired) electrons. The molecule has 0 amide bonds. The molecule has 0 aliphatic carbocycles. The first-order chi connectivity index (χ1) is 7.88. The van der Waals surface area contributed by atoms with Crippen molar-refractivity contribution in [2.45, 2.75) is 6.42 Å². The number of piperazine rings is 1. The van der Waals surface area contributed by atoms with Crippen LogP contribution in [0.4, 0.5) is 0 Å². The Bertz CT molecular complexity index is 280. The van der Waals surface area contributed by atoms with Crippen molar-refractivity contribution < 1.29 is 4.42 Å². The van der Waals surface area contributed by atoms with E-state index in [1.165, 1.54) is 0 Å². The zero-order valence-corrected chi connectivity index (χ0v) is 9.69. The molecule has 0 spiro atoms. The number of nitrogens with zero attached hydrogens (tertiary/aromatic N) is 1. The molecule has 4 nitrogen and oxygen atoms in total. The number of furan rings is 1. The zero-order chi connectivity index (χ0) is 11.2. The van der Waals surface area contributed by atoms with Crippen molar-refractivity contribution >= 4 is 0 Å². The van der Waals surface area contributed by atoms with E-state index in [2.05, 4.69) is 10.2 Å². The minimum absolute atomic E-state index is 0.504. The van der Waals surface area contributed by atoms with Crippen molar-refractivity contribution in [2.24, 2.45) is 11.7 Å². The Labute approximate surface area is 96.8 Å². The molecular weight excluding hydrogens is 202 g/mol. The van der Waals surface area contributed by atoms with Crippen LogP contribution in [0.3, 0.4) is 0 Å². The van der Waals surface area contributed by atoms with Crippen LogP contribution in [0, 0.1) is 5.92 Å². The van der Waals surface area contributed by atoms with E-state index in [1.807, 2.05) is 12.1 Å². The lowest BCUT2D eigenvalue weighted by Gasteiger charge is -2.30. The fourth-order valence-electron chi connectivity index (χ4n) is 2.19. The minimum atomic E-state index is 0.504. The van der Waals surface area contributed by atoms with Crippen molar-refractivity contribution in [1.82, 2.24) is 10.2 Å². The summed E-state index contributed by atoms with van der Waals surface area (Å²) in [6.45, 7) is 6.27. The molecule has 1 aromatic rings. The SMILES string of the molecule is NCC(Cc1ccco1)CN1CCNCC1. The highest BCUT2D eigenvalue weighted by atomic mass is 16.3. The third-order valence-corrected chi connectivity index (χ3v) is 3.13. The van der Waals surface area contributed by atoms with Gasteiger partial charge in [-0.05, 0) is 24.6 Å². The molecule has 2 rings (SSSR count). The van der Waals surface area contributed by atoms with Gasteiger partial charge in [-0.15, -0.1) is 0 Å². The summed E-state index contributed by atoms with van der Waals surface area (Å²) < 4.78 is 5.37. The maximum atomic E-state index is 5.82. The summed E-state index contributed by atoms with van der Waals surface area (Å²) in [5.74, 6) is 1.55. The third kappa shape index (κ3) is 3.33. The van der Waals surface area contributed by atoms with Gasteiger partial charge in [0.1, 0.15) is 5.76 Å². The summed E-state index contributed by atoms with van der Waals surface area (Å²) in [7, 11) is 0. The van der Waals surface area contributed by atoms with Crippen LogP contribution >= 0.6 is 0 Å². The van der Waals surface area contributed by atoms with Gasteiger partial charge in [0.25, 0.3) is 0 Å². The van der Waals surface area contributed by atoms with E-state index < -0.39 is 0 Å². The average molecular weight is 223 g/mol. The highest BCUT2D eigenvalue weighted by molar-refractivity contribution is 4.99. The van der Waals surface area contributed by atoms with Crippen LogP contribution in [-0.2, 0) is 6.42 Å². The Balaban J connectivity index is 1.80. The Morgan fingerprint density at radius 1 is 1.44 bits per heavy atom. The van der Waals surface area contributed by atoms with E-state index >= 15 is 0 Å². The summed E-state index contributed by atoms with van der Waals surface area (Å²) in [5.41, 5.74) is 5.82. The second kappa shape index (κ2) is 6.03. The molecule has 4 heteroatoms. The molecule has 1 aliphatic heterocycles. The molecule has 1 unspecified atom stereocenters. The van der Waals surface area contributed by atoms with Gasteiger partial charge in [-0.25, -0.2) is 0 Å². The van der Waals surface area contributed by atoms with Crippen LogP contribution in [0.25, 0.3) is 0 Å². The highest BCUT2D eigenvalue weighted by Gasteiger charge is 2.16. The maximum absolute atomic E-state index is 5.82. The Hall–Kier alpha value is -0.840.